The van der Waals surface area contributed by atoms with E-state index in [1.54, 1.807) is 24.3 Å². The minimum atomic E-state index is -0.268. The number of pyridine rings is 2. The minimum Gasteiger partial charge on any atom is -0.338 e. The molecular weight excluding hydrogens is 421 g/mol. The number of anilines is 1. The van der Waals surface area contributed by atoms with Crippen molar-refractivity contribution >= 4 is 56.9 Å². The van der Waals surface area contributed by atoms with E-state index in [2.05, 4.69) is 25.3 Å². The van der Waals surface area contributed by atoms with Gasteiger partial charge in [-0.05, 0) is 36.4 Å². The molecule has 30 heavy (non-hydrogen) atoms. The summed E-state index contributed by atoms with van der Waals surface area (Å²) in [6.45, 7) is 0. The number of aromatic amines is 1. The topological polar surface area (TPSA) is 83.6 Å². The third-order valence-corrected chi connectivity index (χ3v) is 5.25. The highest BCUT2D eigenvalue weighted by atomic mass is 35.5. The fourth-order valence-electron chi connectivity index (χ4n) is 3.23. The van der Waals surface area contributed by atoms with Gasteiger partial charge in [-0.2, -0.15) is 0 Å². The van der Waals surface area contributed by atoms with Gasteiger partial charge in [-0.15, -0.1) is 0 Å². The number of H-pyrrole nitrogens is 1. The summed E-state index contributed by atoms with van der Waals surface area (Å²) in [6.07, 6.45) is 3.01. The molecule has 8 heteroatoms. The molecular formula is C22H13Cl2N5O. The van der Waals surface area contributed by atoms with Crippen LogP contribution in [0.5, 0.6) is 0 Å². The highest BCUT2D eigenvalue weighted by Gasteiger charge is 2.15. The predicted molar refractivity (Wildman–Crippen MR) is 119 cm³/mol. The SMILES string of the molecule is O=C(Nc1ccc2ccccc2n1)c1ccc2nc(-c3c(Cl)cncc3Cl)[nH]c2c1. The van der Waals surface area contributed by atoms with Gasteiger partial charge in [0.15, 0.2) is 0 Å². The van der Waals surface area contributed by atoms with E-state index in [0.29, 0.717) is 43.8 Å². The molecule has 0 spiro atoms. The number of hydrogen-bond acceptors (Lipinski definition) is 4. The second-order valence-corrected chi connectivity index (χ2v) is 7.45. The van der Waals surface area contributed by atoms with E-state index in [9.17, 15) is 4.79 Å². The van der Waals surface area contributed by atoms with Crippen LogP contribution in [-0.2, 0) is 0 Å². The van der Waals surface area contributed by atoms with Gasteiger partial charge < -0.3 is 10.3 Å². The van der Waals surface area contributed by atoms with E-state index in [-0.39, 0.29) is 5.91 Å². The number of carbonyl (C=O) groups is 1. The summed E-state index contributed by atoms with van der Waals surface area (Å²) in [4.78, 5) is 28.9. The molecule has 2 N–H and O–H groups in total. The Morgan fingerprint density at radius 3 is 2.53 bits per heavy atom. The molecule has 0 saturated heterocycles. The van der Waals surface area contributed by atoms with Crippen molar-refractivity contribution in [1.29, 1.82) is 0 Å². The summed E-state index contributed by atoms with van der Waals surface area (Å²) < 4.78 is 0. The Morgan fingerprint density at radius 2 is 1.70 bits per heavy atom. The van der Waals surface area contributed by atoms with Gasteiger partial charge in [0, 0.05) is 23.3 Å². The summed E-state index contributed by atoms with van der Waals surface area (Å²) >= 11 is 12.5. The number of imidazole rings is 1. The van der Waals surface area contributed by atoms with Crippen LogP contribution in [0.25, 0.3) is 33.3 Å². The first kappa shape index (κ1) is 18.5. The molecule has 0 bridgehead atoms. The van der Waals surface area contributed by atoms with Gasteiger partial charge in [0.2, 0.25) is 0 Å². The average molecular weight is 434 g/mol. The lowest BCUT2D eigenvalue weighted by atomic mass is 10.2. The van der Waals surface area contributed by atoms with Crippen molar-refractivity contribution in [1.82, 2.24) is 19.9 Å². The van der Waals surface area contributed by atoms with Crippen LogP contribution in [0.2, 0.25) is 10.0 Å². The largest absolute Gasteiger partial charge is 0.338 e. The lowest BCUT2D eigenvalue weighted by molar-refractivity contribution is 0.102. The molecule has 2 aromatic carbocycles. The Bertz CT molecular complexity index is 1410. The predicted octanol–water partition coefficient (Wildman–Crippen LogP) is 5.73. The fourth-order valence-corrected chi connectivity index (χ4v) is 3.77. The van der Waals surface area contributed by atoms with Gasteiger partial charge in [0.05, 0.1) is 32.2 Å². The monoisotopic (exact) mass is 433 g/mol. The Balaban J connectivity index is 1.46. The Labute approximate surface area is 180 Å². The number of para-hydroxylation sites is 1. The van der Waals surface area contributed by atoms with Crippen LogP contribution in [0, 0.1) is 0 Å². The molecule has 1 amide bonds. The minimum absolute atomic E-state index is 0.268. The number of rotatable bonds is 3. The quantitative estimate of drug-likeness (QED) is 0.380. The third kappa shape index (κ3) is 3.36. The molecule has 0 saturated carbocycles. The van der Waals surface area contributed by atoms with Gasteiger partial charge in [-0.3, -0.25) is 9.78 Å². The molecule has 0 fully saturated rings. The molecule has 3 aromatic heterocycles. The van der Waals surface area contributed by atoms with E-state index < -0.39 is 0 Å². The van der Waals surface area contributed by atoms with Crippen LogP contribution in [0.1, 0.15) is 10.4 Å². The molecule has 6 nitrogen and oxygen atoms in total. The van der Waals surface area contributed by atoms with Gasteiger partial charge in [0.1, 0.15) is 11.6 Å². The molecule has 146 valence electrons. The maximum atomic E-state index is 12.7. The highest BCUT2D eigenvalue weighted by Crippen LogP contribution is 2.33. The van der Waals surface area contributed by atoms with E-state index in [1.165, 1.54) is 12.4 Å². The summed E-state index contributed by atoms with van der Waals surface area (Å²) in [5.41, 5.74) is 3.23. The van der Waals surface area contributed by atoms with Gasteiger partial charge >= 0.3 is 0 Å². The van der Waals surface area contributed by atoms with Crippen LogP contribution < -0.4 is 5.32 Å². The standard InChI is InChI=1S/C22H13Cl2N5O/c23-14-10-25-11-15(24)20(14)21-27-17-7-5-13(9-18(17)28-21)22(30)29-19-8-6-12-3-1-2-4-16(12)26-19/h1-11H,(H,27,28)(H,26,29,30). The van der Waals surface area contributed by atoms with Crippen molar-refractivity contribution in [2.45, 2.75) is 0 Å². The zero-order chi connectivity index (χ0) is 20.7. The van der Waals surface area contributed by atoms with Crippen LogP contribution in [0.4, 0.5) is 5.82 Å². The van der Waals surface area contributed by atoms with Gasteiger partial charge in [0.25, 0.3) is 5.91 Å². The van der Waals surface area contributed by atoms with Crippen molar-refractivity contribution in [3.8, 4) is 11.4 Å². The number of halogens is 2. The second-order valence-electron chi connectivity index (χ2n) is 6.64. The van der Waals surface area contributed by atoms with Crippen LogP contribution >= 0.6 is 23.2 Å². The molecule has 0 aliphatic rings. The number of fused-ring (bicyclic) bond motifs is 2. The molecule has 0 unspecified atom stereocenters. The number of nitrogens with zero attached hydrogens (tertiary/aromatic N) is 3. The number of amides is 1. The van der Waals surface area contributed by atoms with Crippen LogP contribution in [0.15, 0.2) is 67.0 Å². The van der Waals surface area contributed by atoms with E-state index in [0.717, 1.165) is 10.9 Å². The zero-order valence-electron chi connectivity index (χ0n) is 15.4. The summed E-state index contributed by atoms with van der Waals surface area (Å²) in [6, 6.07) is 16.6. The van der Waals surface area contributed by atoms with E-state index in [4.69, 9.17) is 23.2 Å². The number of carbonyl (C=O) groups excluding carboxylic acids is 1. The lowest BCUT2D eigenvalue weighted by Gasteiger charge is -2.06. The van der Waals surface area contributed by atoms with Crippen LogP contribution in [-0.4, -0.2) is 25.8 Å². The second kappa shape index (κ2) is 7.40. The highest BCUT2D eigenvalue weighted by molar-refractivity contribution is 6.38. The van der Waals surface area contributed by atoms with Crippen molar-refractivity contribution in [2.24, 2.45) is 0 Å². The maximum absolute atomic E-state index is 12.7. The molecule has 0 radical (unpaired) electrons. The first-order chi connectivity index (χ1) is 14.6. The molecule has 3 heterocycles. The molecule has 0 atom stereocenters. The van der Waals surface area contributed by atoms with E-state index in [1.807, 2.05) is 30.3 Å². The van der Waals surface area contributed by atoms with Gasteiger partial charge in [-0.25, -0.2) is 9.97 Å². The van der Waals surface area contributed by atoms with Gasteiger partial charge in [-0.1, -0.05) is 41.4 Å². The van der Waals surface area contributed by atoms with Crippen molar-refractivity contribution in [2.75, 3.05) is 5.32 Å². The van der Waals surface area contributed by atoms with Crippen molar-refractivity contribution in [3.05, 3.63) is 82.6 Å². The van der Waals surface area contributed by atoms with Crippen LogP contribution in [0.3, 0.4) is 0 Å². The Morgan fingerprint density at radius 1 is 0.900 bits per heavy atom. The van der Waals surface area contributed by atoms with Crippen molar-refractivity contribution in [3.63, 3.8) is 0 Å². The molecule has 0 aliphatic carbocycles. The number of benzene rings is 2. The smallest absolute Gasteiger partial charge is 0.256 e. The first-order valence-corrected chi connectivity index (χ1v) is 9.80. The summed E-state index contributed by atoms with van der Waals surface area (Å²) in [5.74, 6) is 0.728. The average Bonchev–Trinajstić information content (AvgIpc) is 3.16. The molecule has 5 rings (SSSR count). The molecule has 5 aromatic rings. The Kier molecular flexibility index (Phi) is 4.58. The summed E-state index contributed by atoms with van der Waals surface area (Å²) in [5, 5.41) is 4.63. The number of hydrogen-bond donors (Lipinski definition) is 2. The first-order valence-electron chi connectivity index (χ1n) is 9.05. The normalized spacial score (nSPS) is 11.1. The Hall–Kier alpha value is -3.48. The summed E-state index contributed by atoms with van der Waals surface area (Å²) in [7, 11) is 0. The maximum Gasteiger partial charge on any atom is 0.256 e. The van der Waals surface area contributed by atoms with E-state index >= 15 is 0 Å². The third-order valence-electron chi connectivity index (χ3n) is 4.67. The lowest BCUT2D eigenvalue weighted by Crippen LogP contribution is -2.12. The molecule has 0 aliphatic heterocycles. The fraction of sp³-hybridized carbons (Fsp3) is 0. The number of nitrogens with one attached hydrogen (secondary N) is 2. The zero-order valence-corrected chi connectivity index (χ0v) is 16.9. The van der Waals surface area contributed by atoms with Crippen molar-refractivity contribution < 1.29 is 4.79 Å². The number of aromatic nitrogens is 4.